The third-order valence-electron chi connectivity index (χ3n) is 3.84. The minimum atomic E-state index is -0.449. The van der Waals surface area contributed by atoms with Crippen molar-refractivity contribution in [2.45, 2.75) is 26.7 Å². The first-order valence-corrected chi connectivity index (χ1v) is 9.53. The number of hydrazone groups is 1. The molecule has 0 aromatic heterocycles. The molecule has 2 amide bonds. The largest absolute Gasteiger partial charge is 0.482 e. The third kappa shape index (κ3) is 8.55. The highest BCUT2D eigenvalue weighted by molar-refractivity contribution is 5.93. The van der Waals surface area contributed by atoms with Gasteiger partial charge in [0.15, 0.2) is 6.61 Å². The molecule has 2 N–H and O–H groups in total. The molecule has 0 fully saturated rings. The highest BCUT2D eigenvalue weighted by atomic mass is 16.6. The van der Waals surface area contributed by atoms with Gasteiger partial charge in [0, 0.05) is 18.5 Å². The van der Waals surface area contributed by atoms with Crippen molar-refractivity contribution in [3.8, 4) is 5.75 Å². The number of ether oxygens (including phenoxy) is 2. The molecule has 30 heavy (non-hydrogen) atoms. The zero-order valence-electron chi connectivity index (χ0n) is 17.0. The molecule has 2 aromatic carbocycles. The maximum atomic E-state index is 11.9. The second-order valence-electron chi connectivity index (χ2n) is 6.37. The van der Waals surface area contributed by atoms with Crippen LogP contribution >= 0.6 is 0 Å². The highest BCUT2D eigenvalue weighted by Gasteiger charge is 2.07. The molecule has 0 heterocycles. The van der Waals surface area contributed by atoms with Crippen molar-refractivity contribution < 1.29 is 23.9 Å². The molecule has 0 radical (unpaired) electrons. The number of hydrogen-bond donors (Lipinski definition) is 2. The molecule has 0 atom stereocenters. The van der Waals surface area contributed by atoms with E-state index in [2.05, 4.69) is 15.8 Å². The van der Waals surface area contributed by atoms with Crippen LogP contribution in [0.1, 0.15) is 30.9 Å². The molecule has 0 bridgehead atoms. The van der Waals surface area contributed by atoms with Crippen LogP contribution in [0.4, 0.5) is 5.69 Å². The number of aryl methyl sites for hydroxylation is 1. The number of anilines is 1. The standard InChI is InChI=1S/C22H25N3O5/c1-3-29-22(28)15-30-19-6-4-5-17(13-19)14-23-25-21(27)12-11-20(26)24-18-9-7-16(2)8-10-18/h4-10,13-14H,3,11-12,15H2,1-2H3,(H,24,26)(H,25,27). The Morgan fingerprint density at radius 2 is 1.77 bits per heavy atom. The quantitative estimate of drug-likeness (QED) is 0.355. The van der Waals surface area contributed by atoms with Gasteiger partial charge in [-0.15, -0.1) is 0 Å². The number of amides is 2. The fraction of sp³-hybridized carbons (Fsp3) is 0.273. The van der Waals surface area contributed by atoms with E-state index in [1.165, 1.54) is 6.21 Å². The Hall–Kier alpha value is -3.68. The van der Waals surface area contributed by atoms with Crippen LogP contribution in [0.15, 0.2) is 53.6 Å². The molecule has 0 aliphatic carbocycles. The Morgan fingerprint density at radius 3 is 2.50 bits per heavy atom. The predicted molar refractivity (Wildman–Crippen MR) is 113 cm³/mol. The number of nitrogens with one attached hydrogen (secondary N) is 2. The van der Waals surface area contributed by atoms with E-state index in [-0.39, 0.29) is 31.3 Å². The summed E-state index contributed by atoms with van der Waals surface area (Å²) in [6.45, 7) is 3.79. The van der Waals surface area contributed by atoms with Gasteiger partial charge in [0.2, 0.25) is 11.8 Å². The molecule has 2 aromatic rings. The van der Waals surface area contributed by atoms with Crippen molar-refractivity contribution in [3.63, 3.8) is 0 Å². The van der Waals surface area contributed by atoms with E-state index in [0.717, 1.165) is 5.56 Å². The Kier molecular flexibility index (Phi) is 9.05. The summed E-state index contributed by atoms with van der Waals surface area (Å²) in [6, 6.07) is 14.3. The van der Waals surface area contributed by atoms with Crippen molar-refractivity contribution in [3.05, 3.63) is 59.7 Å². The molecule has 2 rings (SSSR count). The highest BCUT2D eigenvalue weighted by Crippen LogP contribution is 2.12. The fourth-order valence-corrected chi connectivity index (χ4v) is 2.35. The molecule has 0 aliphatic rings. The summed E-state index contributed by atoms with van der Waals surface area (Å²) >= 11 is 0. The van der Waals surface area contributed by atoms with Crippen molar-refractivity contribution >= 4 is 29.7 Å². The minimum Gasteiger partial charge on any atom is -0.482 e. The Labute approximate surface area is 175 Å². The lowest BCUT2D eigenvalue weighted by Crippen LogP contribution is -2.20. The van der Waals surface area contributed by atoms with Gasteiger partial charge in [-0.3, -0.25) is 9.59 Å². The van der Waals surface area contributed by atoms with Crippen molar-refractivity contribution in [2.24, 2.45) is 5.10 Å². The summed E-state index contributed by atoms with van der Waals surface area (Å²) in [5.41, 5.74) is 4.84. The number of carbonyl (C=O) groups is 3. The molecular weight excluding hydrogens is 386 g/mol. The summed E-state index contributed by atoms with van der Waals surface area (Å²) < 4.78 is 10.1. The van der Waals surface area contributed by atoms with E-state index in [1.807, 2.05) is 31.2 Å². The van der Waals surface area contributed by atoms with Crippen LogP contribution < -0.4 is 15.5 Å². The maximum absolute atomic E-state index is 11.9. The lowest BCUT2D eigenvalue weighted by Gasteiger charge is -2.06. The molecule has 0 spiro atoms. The van der Waals surface area contributed by atoms with Gasteiger partial charge in [-0.25, -0.2) is 10.2 Å². The van der Waals surface area contributed by atoms with Gasteiger partial charge < -0.3 is 14.8 Å². The van der Waals surface area contributed by atoms with Gasteiger partial charge in [-0.1, -0.05) is 29.8 Å². The molecule has 8 nitrogen and oxygen atoms in total. The summed E-state index contributed by atoms with van der Waals surface area (Å²) in [6.07, 6.45) is 1.51. The molecule has 8 heteroatoms. The molecule has 0 saturated carbocycles. The zero-order valence-corrected chi connectivity index (χ0v) is 17.0. The number of nitrogens with zero attached hydrogens (tertiary/aromatic N) is 1. The molecule has 0 unspecified atom stereocenters. The second kappa shape index (κ2) is 12.0. The van der Waals surface area contributed by atoms with Gasteiger partial charge in [-0.05, 0) is 43.7 Å². The van der Waals surface area contributed by atoms with Crippen molar-refractivity contribution in [1.29, 1.82) is 0 Å². The number of benzene rings is 2. The number of esters is 1. The normalized spacial score (nSPS) is 10.5. The smallest absolute Gasteiger partial charge is 0.344 e. The van der Waals surface area contributed by atoms with Crippen LogP contribution in [0.5, 0.6) is 5.75 Å². The second-order valence-corrected chi connectivity index (χ2v) is 6.37. The maximum Gasteiger partial charge on any atom is 0.344 e. The van der Waals surface area contributed by atoms with Crippen LogP contribution in [0.3, 0.4) is 0 Å². The third-order valence-corrected chi connectivity index (χ3v) is 3.84. The fourth-order valence-electron chi connectivity index (χ4n) is 2.35. The minimum absolute atomic E-state index is 0.0116. The van der Waals surface area contributed by atoms with Crippen molar-refractivity contribution in [2.75, 3.05) is 18.5 Å². The summed E-state index contributed by atoms with van der Waals surface area (Å²) in [7, 11) is 0. The van der Waals surface area contributed by atoms with Crippen LogP contribution in [-0.2, 0) is 19.1 Å². The van der Waals surface area contributed by atoms with E-state index < -0.39 is 5.97 Å². The van der Waals surface area contributed by atoms with Gasteiger partial charge in [0.1, 0.15) is 5.75 Å². The van der Waals surface area contributed by atoms with Gasteiger partial charge >= 0.3 is 5.97 Å². The summed E-state index contributed by atoms with van der Waals surface area (Å²) in [5, 5.41) is 6.61. The topological polar surface area (TPSA) is 106 Å². The lowest BCUT2D eigenvalue weighted by molar-refractivity contribution is -0.145. The number of rotatable bonds is 10. The van der Waals surface area contributed by atoms with Gasteiger partial charge in [0.25, 0.3) is 0 Å². The van der Waals surface area contributed by atoms with Crippen LogP contribution in [0.2, 0.25) is 0 Å². The molecule has 0 saturated heterocycles. The molecular formula is C22H25N3O5. The summed E-state index contributed by atoms with van der Waals surface area (Å²) in [5.74, 6) is -0.592. The van der Waals surface area contributed by atoms with Gasteiger partial charge in [-0.2, -0.15) is 5.10 Å². The first-order chi connectivity index (χ1) is 14.5. The van der Waals surface area contributed by atoms with E-state index in [9.17, 15) is 14.4 Å². The van der Waals surface area contributed by atoms with E-state index in [4.69, 9.17) is 9.47 Å². The van der Waals surface area contributed by atoms with E-state index >= 15 is 0 Å². The SMILES string of the molecule is CCOC(=O)COc1cccc(C=NNC(=O)CCC(=O)Nc2ccc(C)cc2)c1. The van der Waals surface area contributed by atoms with Crippen LogP contribution in [0.25, 0.3) is 0 Å². The zero-order chi connectivity index (χ0) is 21.8. The first kappa shape index (κ1) is 22.6. The van der Waals surface area contributed by atoms with E-state index in [0.29, 0.717) is 23.6 Å². The first-order valence-electron chi connectivity index (χ1n) is 9.53. The summed E-state index contributed by atoms with van der Waals surface area (Å²) in [4.78, 5) is 35.1. The average molecular weight is 411 g/mol. The van der Waals surface area contributed by atoms with Crippen LogP contribution in [-0.4, -0.2) is 37.2 Å². The number of carbonyl (C=O) groups excluding carboxylic acids is 3. The van der Waals surface area contributed by atoms with Crippen LogP contribution in [0, 0.1) is 6.92 Å². The van der Waals surface area contributed by atoms with E-state index in [1.54, 1.807) is 31.2 Å². The monoisotopic (exact) mass is 411 g/mol. The average Bonchev–Trinajstić information content (AvgIpc) is 2.73. The molecule has 0 aliphatic heterocycles. The Balaban J connectivity index is 1.73. The Bertz CT molecular complexity index is 894. The molecule has 158 valence electrons. The Morgan fingerprint density at radius 1 is 1.03 bits per heavy atom. The number of hydrogen-bond acceptors (Lipinski definition) is 6. The predicted octanol–water partition coefficient (Wildman–Crippen LogP) is 2.81. The van der Waals surface area contributed by atoms with Crippen molar-refractivity contribution in [1.82, 2.24) is 5.43 Å². The lowest BCUT2D eigenvalue weighted by atomic mass is 10.2. The van der Waals surface area contributed by atoms with Gasteiger partial charge in [0.05, 0.1) is 12.8 Å².